The minimum atomic E-state index is -4.45. The predicted octanol–water partition coefficient (Wildman–Crippen LogP) is 3.86. The van der Waals surface area contributed by atoms with E-state index in [9.17, 15) is 18.0 Å². The number of aromatic nitrogens is 2. The Kier molecular flexibility index (Phi) is 5.63. The van der Waals surface area contributed by atoms with Gasteiger partial charge in [0.25, 0.3) is 0 Å². The Morgan fingerprint density at radius 3 is 2.71 bits per heavy atom. The molecule has 0 radical (unpaired) electrons. The second-order valence-corrected chi connectivity index (χ2v) is 6.88. The molecule has 1 amide bonds. The van der Waals surface area contributed by atoms with Crippen LogP contribution in [0.25, 0.3) is 0 Å². The molecule has 0 spiro atoms. The molecule has 5 nitrogen and oxygen atoms in total. The van der Waals surface area contributed by atoms with Crippen LogP contribution in [0, 0.1) is 11.3 Å². The van der Waals surface area contributed by atoms with Gasteiger partial charge >= 0.3 is 6.18 Å². The molecule has 28 heavy (non-hydrogen) atoms. The van der Waals surface area contributed by atoms with Gasteiger partial charge in [0.15, 0.2) is 0 Å². The van der Waals surface area contributed by atoms with Crippen LogP contribution in [0.15, 0.2) is 36.4 Å². The van der Waals surface area contributed by atoms with Crippen LogP contribution in [0.1, 0.15) is 54.1 Å². The molecule has 8 heteroatoms. The monoisotopic (exact) mass is 388 g/mol. The van der Waals surface area contributed by atoms with Crippen molar-refractivity contribution in [2.24, 2.45) is 0 Å². The van der Waals surface area contributed by atoms with Crippen LogP contribution in [-0.2, 0) is 22.9 Å². The molecule has 1 aliphatic carbocycles. The molecule has 1 fully saturated rings. The lowest BCUT2D eigenvalue weighted by Crippen LogP contribution is -2.30. The number of rotatable bonds is 8. The molecule has 0 aliphatic heterocycles. The summed E-state index contributed by atoms with van der Waals surface area (Å²) in [5.41, 5.74) is 0.192. The molecule has 2 unspecified atom stereocenters. The van der Waals surface area contributed by atoms with Crippen molar-refractivity contribution >= 4 is 6.41 Å². The molecule has 1 saturated carbocycles. The molecular weight excluding hydrogens is 369 g/mol. The van der Waals surface area contributed by atoms with E-state index in [-0.39, 0.29) is 5.92 Å². The van der Waals surface area contributed by atoms with Gasteiger partial charge in [-0.3, -0.25) is 4.79 Å². The van der Waals surface area contributed by atoms with Crippen molar-refractivity contribution in [2.75, 3.05) is 0 Å². The summed E-state index contributed by atoms with van der Waals surface area (Å²) in [5, 5.41) is 19.6. The maximum absolute atomic E-state index is 13.0. The third-order valence-electron chi connectivity index (χ3n) is 5.05. The van der Waals surface area contributed by atoms with Gasteiger partial charge in [-0.25, -0.2) is 0 Å². The Hall–Kier alpha value is -2.95. The number of carbonyl (C=O) groups is 1. The van der Waals surface area contributed by atoms with Crippen molar-refractivity contribution in [3.05, 3.63) is 58.9 Å². The summed E-state index contributed by atoms with van der Waals surface area (Å²) in [5.74, 6) is -0.235. The van der Waals surface area contributed by atoms with Gasteiger partial charge in [0.2, 0.25) is 6.41 Å². The van der Waals surface area contributed by atoms with Crippen molar-refractivity contribution in [1.82, 2.24) is 15.5 Å². The fourth-order valence-electron chi connectivity index (χ4n) is 3.46. The zero-order valence-corrected chi connectivity index (χ0v) is 15.0. The third-order valence-corrected chi connectivity index (χ3v) is 5.05. The number of nitrogens with one attached hydrogen (secondary N) is 1. The normalized spacial score (nSPS) is 21.0. The fraction of sp³-hybridized carbons (Fsp3) is 0.400. The standard InChI is InChI=1S/C20H19F3N4O/c21-20(22,23)15-6-4-5-14(11-15)19(25-13-28)12-17(19)18-9-8-16(26-27-18)7-2-1-3-10-24/h4-6,8-9,11,13,17H,1-3,7,12H2,(H,25,28). The van der Waals surface area contributed by atoms with Crippen LogP contribution in [0.4, 0.5) is 13.2 Å². The van der Waals surface area contributed by atoms with Gasteiger partial charge in [-0.05, 0) is 55.5 Å². The molecule has 146 valence electrons. The smallest absolute Gasteiger partial charge is 0.348 e. The van der Waals surface area contributed by atoms with Gasteiger partial charge in [-0.15, -0.1) is 0 Å². The maximum Gasteiger partial charge on any atom is 0.416 e. The zero-order valence-electron chi connectivity index (χ0n) is 15.0. The molecule has 2 aromatic rings. The lowest BCUT2D eigenvalue weighted by molar-refractivity contribution is -0.137. The molecule has 3 rings (SSSR count). The summed E-state index contributed by atoms with van der Waals surface area (Å²) in [7, 11) is 0. The molecule has 1 aromatic carbocycles. The summed E-state index contributed by atoms with van der Waals surface area (Å²) >= 11 is 0. The number of hydrogen-bond donors (Lipinski definition) is 1. The minimum absolute atomic E-state index is 0.235. The molecular formula is C20H19F3N4O. The van der Waals surface area contributed by atoms with Crippen molar-refractivity contribution in [3.63, 3.8) is 0 Å². The molecule has 1 heterocycles. The predicted molar refractivity (Wildman–Crippen MR) is 94.9 cm³/mol. The van der Waals surface area contributed by atoms with Crippen LogP contribution in [0.3, 0.4) is 0 Å². The SMILES string of the molecule is N#CCCCCc1ccc(C2CC2(NC=O)c2cccc(C(F)(F)F)c2)nn1. The summed E-state index contributed by atoms with van der Waals surface area (Å²) < 4.78 is 39.1. The zero-order chi connectivity index (χ0) is 20.2. The first-order valence-corrected chi connectivity index (χ1v) is 8.99. The molecule has 1 aromatic heterocycles. The highest BCUT2D eigenvalue weighted by Crippen LogP contribution is 2.58. The van der Waals surface area contributed by atoms with Crippen LogP contribution in [0.2, 0.25) is 0 Å². The number of halogens is 3. The van der Waals surface area contributed by atoms with E-state index >= 15 is 0 Å². The summed E-state index contributed by atoms with van der Waals surface area (Å²) in [4.78, 5) is 11.1. The Morgan fingerprint density at radius 2 is 2.07 bits per heavy atom. The molecule has 2 atom stereocenters. The van der Waals surface area contributed by atoms with Gasteiger partial charge in [0.1, 0.15) is 0 Å². The first-order valence-electron chi connectivity index (χ1n) is 8.99. The average Bonchev–Trinajstić information content (AvgIpc) is 3.41. The second-order valence-electron chi connectivity index (χ2n) is 6.88. The summed E-state index contributed by atoms with van der Waals surface area (Å²) in [6.45, 7) is 0. The number of aryl methyl sites for hydroxylation is 1. The number of hydrogen-bond acceptors (Lipinski definition) is 4. The van der Waals surface area contributed by atoms with E-state index in [1.54, 1.807) is 12.1 Å². The van der Waals surface area contributed by atoms with Gasteiger partial charge in [0.05, 0.1) is 28.6 Å². The first-order chi connectivity index (χ1) is 13.4. The Labute approximate surface area is 160 Å². The average molecular weight is 388 g/mol. The van der Waals surface area contributed by atoms with E-state index in [1.807, 2.05) is 6.07 Å². The van der Waals surface area contributed by atoms with E-state index < -0.39 is 17.3 Å². The number of nitriles is 1. The van der Waals surface area contributed by atoms with Crippen LogP contribution in [0.5, 0.6) is 0 Å². The van der Waals surface area contributed by atoms with Gasteiger partial charge in [-0.1, -0.05) is 12.1 Å². The van der Waals surface area contributed by atoms with Crippen LogP contribution >= 0.6 is 0 Å². The van der Waals surface area contributed by atoms with Gasteiger partial charge in [0, 0.05) is 12.3 Å². The van der Waals surface area contributed by atoms with Crippen LogP contribution in [-0.4, -0.2) is 16.6 Å². The van der Waals surface area contributed by atoms with Crippen molar-refractivity contribution in [1.29, 1.82) is 5.26 Å². The highest BCUT2D eigenvalue weighted by molar-refractivity contribution is 5.55. The van der Waals surface area contributed by atoms with E-state index in [4.69, 9.17) is 5.26 Å². The fourth-order valence-corrected chi connectivity index (χ4v) is 3.46. The van der Waals surface area contributed by atoms with E-state index in [1.165, 1.54) is 6.07 Å². The molecule has 1 aliphatic rings. The minimum Gasteiger partial charge on any atom is -0.348 e. The number of unbranched alkanes of at least 4 members (excludes halogenated alkanes) is 2. The Balaban J connectivity index is 1.77. The van der Waals surface area contributed by atoms with Gasteiger partial charge < -0.3 is 5.32 Å². The van der Waals surface area contributed by atoms with E-state index in [0.29, 0.717) is 36.9 Å². The number of alkyl halides is 3. The van der Waals surface area contributed by atoms with Crippen molar-refractivity contribution in [3.8, 4) is 6.07 Å². The third kappa shape index (κ3) is 4.14. The second kappa shape index (κ2) is 7.97. The first kappa shape index (κ1) is 19.8. The lowest BCUT2D eigenvalue weighted by atomic mass is 9.98. The van der Waals surface area contributed by atoms with E-state index in [2.05, 4.69) is 21.6 Å². The summed E-state index contributed by atoms with van der Waals surface area (Å²) in [6, 6.07) is 10.8. The largest absolute Gasteiger partial charge is 0.416 e. The molecule has 0 saturated heterocycles. The highest BCUT2D eigenvalue weighted by atomic mass is 19.4. The summed E-state index contributed by atoms with van der Waals surface area (Å²) in [6.07, 6.45) is -0.623. The molecule has 0 bridgehead atoms. The number of benzene rings is 1. The van der Waals surface area contributed by atoms with Crippen molar-refractivity contribution < 1.29 is 18.0 Å². The molecule has 1 N–H and O–H groups in total. The highest BCUT2D eigenvalue weighted by Gasteiger charge is 2.57. The van der Waals surface area contributed by atoms with Crippen molar-refractivity contribution in [2.45, 2.75) is 49.7 Å². The van der Waals surface area contributed by atoms with Gasteiger partial charge in [-0.2, -0.15) is 28.6 Å². The van der Waals surface area contributed by atoms with E-state index in [0.717, 1.165) is 30.7 Å². The number of nitrogens with zero attached hydrogens (tertiary/aromatic N) is 3. The van der Waals surface area contributed by atoms with Crippen LogP contribution < -0.4 is 5.32 Å². The quantitative estimate of drug-likeness (QED) is 0.550. The Morgan fingerprint density at radius 1 is 1.25 bits per heavy atom. The number of carbonyl (C=O) groups excluding carboxylic acids is 1. The lowest BCUT2D eigenvalue weighted by Gasteiger charge is -2.19. The number of amides is 1. The topological polar surface area (TPSA) is 78.7 Å². The Bertz CT molecular complexity index is 876. The maximum atomic E-state index is 13.0.